The largest absolute Gasteiger partial charge is 0.495 e. The number of anilines is 5. The second-order valence-electron chi connectivity index (χ2n) is 11.1. The van der Waals surface area contributed by atoms with Gasteiger partial charge in [-0.25, -0.2) is 4.98 Å². The summed E-state index contributed by atoms with van der Waals surface area (Å²) in [5.74, 6) is -0.276. The van der Waals surface area contributed by atoms with Crippen molar-refractivity contribution >= 4 is 42.3 Å². The summed E-state index contributed by atoms with van der Waals surface area (Å²) in [5.41, 5.74) is 1.47. The van der Waals surface area contributed by atoms with Crippen LogP contribution in [-0.2, 0) is 26.3 Å². The quantitative estimate of drug-likeness (QED) is 0.195. The summed E-state index contributed by atoms with van der Waals surface area (Å²) in [5, 5.41) is 5.72. The number of hydrogen-bond donors (Lipinski definition) is 2. The predicted octanol–water partition coefficient (Wildman–Crippen LogP) is 7.06. The molecular weight excluding hydrogens is 624 g/mol. The summed E-state index contributed by atoms with van der Waals surface area (Å²) >= 11 is 0. The second-order valence-corrected chi connectivity index (χ2v) is 13.2. The molecular formula is C31H38F3N6O5P. The predicted molar refractivity (Wildman–Crippen MR) is 169 cm³/mol. The monoisotopic (exact) mass is 662 g/mol. The molecule has 0 atom stereocenters. The Labute approximate surface area is 266 Å². The van der Waals surface area contributed by atoms with E-state index < -0.39 is 25.2 Å². The lowest BCUT2D eigenvalue weighted by Gasteiger charge is -2.35. The number of benzene rings is 2. The number of piperidine rings is 1. The highest BCUT2D eigenvalue weighted by atomic mass is 31.2. The summed E-state index contributed by atoms with van der Waals surface area (Å²) in [6.45, 7) is 5.81. The van der Waals surface area contributed by atoms with Gasteiger partial charge in [0.1, 0.15) is 17.1 Å². The van der Waals surface area contributed by atoms with E-state index in [1.54, 1.807) is 51.2 Å². The minimum Gasteiger partial charge on any atom is -0.495 e. The molecule has 2 aliphatic rings. The van der Waals surface area contributed by atoms with Crippen LogP contribution in [0.25, 0.3) is 0 Å². The Bertz CT molecular complexity index is 1610. The normalized spacial score (nSPS) is 15.7. The molecule has 0 radical (unpaired) electrons. The molecule has 2 N–H and O–H groups in total. The van der Waals surface area contributed by atoms with Crippen molar-refractivity contribution in [1.82, 2.24) is 14.9 Å². The zero-order chi connectivity index (χ0) is 33.1. The number of fused-ring (bicyclic) bond motifs is 1. The van der Waals surface area contributed by atoms with Crippen molar-refractivity contribution in [2.45, 2.75) is 39.4 Å². The fourth-order valence-corrected chi connectivity index (χ4v) is 7.96. The van der Waals surface area contributed by atoms with Crippen molar-refractivity contribution < 1.29 is 36.3 Å². The van der Waals surface area contributed by atoms with Crippen LogP contribution in [0.15, 0.2) is 42.6 Å². The highest BCUT2D eigenvalue weighted by Crippen LogP contribution is 2.51. The molecule has 2 aliphatic heterocycles. The zero-order valence-corrected chi connectivity index (χ0v) is 27.1. The van der Waals surface area contributed by atoms with E-state index >= 15 is 0 Å². The van der Waals surface area contributed by atoms with E-state index in [0.717, 1.165) is 24.1 Å². The molecule has 0 bridgehead atoms. The van der Waals surface area contributed by atoms with E-state index in [2.05, 4.69) is 25.5 Å². The van der Waals surface area contributed by atoms with Crippen molar-refractivity contribution in [2.75, 3.05) is 62.2 Å². The molecule has 1 fully saturated rings. The fourth-order valence-electron chi connectivity index (χ4n) is 5.89. The standard InChI is InChI=1S/C31H38F3N6O5P/c1-5-44-46(42,45-6-2)19-20-13-15-40(16-14-20)25-12-11-24(27-21(25)18-39(3)29(27)41)36-28-22(31(32,33)34)17-35-30(38-28)37-23-9-7-8-10-26(23)43-4/h7-12,17,20H,5-6,13-16,18-19H2,1-4H3,(H2,35,36,37,38). The molecule has 3 heterocycles. The summed E-state index contributed by atoms with van der Waals surface area (Å²) in [6, 6.07) is 10.3. The number of amides is 1. The average Bonchev–Trinajstić information content (AvgIpc) is 3.31. The first kappa shape index (κ1) is 33.5. The first-order valence-electron chi connectivity index (χ1n) is 15.1. The molecule has 11 nitrogen and oxygen atoms in total. The molecule has 248 valence electrons. The number of nitrogens with zero attached hydrogens (tertiary/aromatic N) is 4. The topological polar surface area (TPSA) is 118 Å². The lowest BCUT2D eigenvalue weighted by molar-refractivity contribution is -0.137. The van der Waals surface area contributed by atoms with Gasteiger partial charge in [0.25, 0.3) is 5.91 Å². The molecule has 1 aromatic heterocycles. The van der Waals surface area contributed by atoms with Crippen LogP contribution in [0.1, 0.15) is 48.2 Å². The third kappa shape index (κ3) is 7.24. The van der Waals surface area contributed by atoms with E-state index in [-0.39, 0.29) is 23.5 Å². The molecule has 1 saturated heterocycles. The molecule has 5 rings (SSSR count). The van der Waals surface area contributed by atoms with Crippen molar-refractivity contribution in [3.63, 3.8) is 0 Å². The summed E-state index contributed by atoms with van der Waals surface area (Å²) in [4.78, 5) is 25.1. The van der Waals surface area contributed by atoms with Crippen LogP contribution < -0.4 is 20.3 Å². The maximum atomic E-state index is 14.1. The molecule has 2 aromatic carbocycles. The third-order valence-corrected chi connectivity index (χ3v) is 10.3. The van der Waals surface area contributed by atoms with E-state index in [0.29, 0.717) is 62.2 Å². The number of para-hydroxylation sites is 2. The molecule has 0 unspecified atom stereocenters. The number of alkyl halides is 3. The van der Waals surface area contributed by atoms with Crippen LogP contribution in [-0.4, -0.2) is 67.4 Å². The van der Waals surface area contributed by atoms with Crippen LogP contribution in [0.3, 0.4) is 0 Å². The first-order valence-corrected chi connectivity index (χ1v) is 16.8. The van der Waals surface area contributed by atoms with E-state index in [4.69, 9.17) is 13.8 Å². The van der Waals surface area contributed by atoms with Crippen LogP contribution in [0, 0.1) is 5.92 Å². The summed E-state index contributed by atoms with van der Waals surface area (Å²) in [7, 11) is -0.0404. The van der Waals surface area contributed by atoms with Gasteiger partial charge in [0.2, 0.25) is 5.95 Å². The summed E-state index contributed by atoms with van der Waals surface area (Å²) in [6.07, 6.45) is -2.20. The van der Waals surface area contributed by atoms with E-state index in [1.165, 1.54) is 12.0 Å². The van der Waals surface area contributed by atoms with Crippen LogP contribution in [0.4, 0.5) is 42.0 Å². The Morgan fingerprint density at radius 1 is 1.02 bits per heavy atom. The van der Waals surface area contributed by atoms with Gasteiger partial charge in [-0.3, -0.25) is 9.36 Å². The average molecular weight is 663 g/mol. The van der Waals surface area contributed by atoms with Gasteiger partial charge in [-0.1, -0.05) is 12.1 Å². The minimum atomic E-state index is -4.76. The number of ether oxygens (including phenoxy) is 1. The molecule has 15 heteroatoms. The van der Waals surface area contributed by atoms with Crippen LogP contribution in [0.5, 0.6) is 5.75 Å². The smallest absolute Gasteiger partial charge is 0.421 e. The van der Waals surface area contributed by atoms with Gasteiger partial charge < -0.3 is 34.2 Å². The Morgan fingerprint density at radius 3 is 2.37 bits per heavy atom. The highest BCUT2D eigenvalue weighted by Gasteiger charge is 2.38. The van der Waals surface area contributed by atoms with E-state index in [1.807, 2.05) is 6.07 Å². The Kier molecular flexibility index (Phi) is 10.1. The van der Waals surface area contributed by atoms with Gasteiger partial charge in [-0.05, 0) is 56.9 Å². The van der Waals surface area contributed by atoms with Gasteiger partial charge in [0.05, 0.1) is 43.4 Å². The first-order chi connectivity index (χ1) is 22.0. The van der Waals surface area contributed by atoms with E-state index in [9.17, 15) is 22.5 Å². The van der Waals surface area contributed by atoms with Gasteiger partial charge >= 0.3 is 13.8 Å². The van der Waals surface area contributed by atoms with Gasteiger partial charge in [0, 0.05) is 44.1 Å². The van der Waals surface area contributed by atoms with Crippen molar-refractivity contribution in [3.8, 4) is 5.75 Å². The molecule has 0 aliphatic carbocycles. The lowest BCUT2D eigenvalue weighted by atomic mass is 9.96. The Balaban J connectivity index is 1.41. The summed E-state index contributed by atoms with van der Waals surface area (Å²) < 4.78 is 71.6. The number of halogens is 3. The van der Waals surface area contributed by atoms with Crippen LogP contribution >= 0.6 is 7.60 Å². The number of hydrogen-bond acceptors (Lipinski definition) is 10. The maximum absolute atomic E-state index is 14.1. The number of nitrogens with one attached hydrogen (secondary N) is 2. The number of aromatic nitrogens is 2. The van der Waals surface area contributed by atoms with Crippen LogP contribution in [0.2, 0.25) is 0 Å². The maximum Gasteiger partial charge on any atom is 0.421 e. The fraction of sp³-hybridized carbons (Fsp3) is 0.452. The molecule has 0 saturated carbocycles. The number of rotatable bonds is 12. The molecule has 1 amide bonds. The highest BCUT2D eigenvalue weighted by molar-refractivity contribution is 7.53. The number of carbonyl (C=O) groups excluding carboxylic acids is 1. The SMILES string of the molecule is CCOP(=O)(CC1CCN(c2ccc(Nc3nc(Nc4ccccc4OC)ncc3C(F)(F)F)c3c2CN(C)C3=O)CC1)OCC. The van der Waals surface area contributed by atoms with Crippen molar-refractivity contribution in [2.24, 2.45) is 5.92 Å². The second kappa shape index (κ2) is 13.9. The van der Waals surface area contributed by atoms with Gasteiger partial charge in [0.15, 0.2) is 0 Å². The Morgan fingerprint density at radius 2 is 1.72 bits per heavy atom. The number of carbonyl (C=O) groups is 1. The molecule has 46 heavy (non-hydrogen) atoms. The van der Waals surface area contributed by atoms with Gasteiger partial charge in [-0.15, -0.1) is 0 Å². The molecule has 0 spiro atoms. The van der Waals surface area contributed by atoms with Gasteiger partial charge in [-0.2, -0.15) is 18.2 Å². The molecule has 3 aromatic rings. The third-order valence-electron chi connectivity index (χ3n) is 8.03. The minimum absolute atomic E-state index is 0.0854. The van der Waals surface area contributed by atoms with Crippen molar-refractivity contribution in [1.29, 1.82) is 0 Å². The number of methoxy groups -OCH3 is 1. The van der Waals surface area contributed by atoms with Crippen molar-refractivity contribution in [3.05, 3.63) is 59.3 Å². The zero-order valence-electron chi connectivity index (χ0n) is 26.2. The lowest BCUT2D eigenvalue weighted by Crippen LogP contribution is -2.35. The Hall–Kier alpha value is -3.87.